The SMILES string of the molecule is CCOC(=O)c1ccn(COCc2ccccc2)c1/N=N/C(C(=O)OCC)C(=O)OCC. The monoisotopic (exact) mass is 445 g/mol. The number of hydrogen-bond donors (Lipinski definition) is 0. The van der Waals surface area contributed by atoms with Crippen LogP contribution in [0.25, 0.3) is 0 Å². The van der Waals surface area contributed by atoms with Gasteiger partial charge in [0, 0.05) is 6.20 Å². The first-order valence-electron chi connectivity index (χ1n) is 10.2. The summed E-state index contributed by atoms with van der Waals surface area (Å²) in [5.74, 6) is -2.33. The summed E-state index contributed by atoms with van der Waals surface area (Å²) in [6.45, 7) is 5.54. The molecule has 1 aromatic carbocycles. The van der Waals surface area contributed by atoms with E-state index in [1.54, 1.807) is 27.0 Å². The van der Waals surface area contributed by atoms with Crippen molar-refractivity contribution in [3.63, 3.8) is 0 Å². The summed E-state index contributed by atoms with van der Waals surface area (Å²) in [4.78, 5) is 36.6. The summed E-state index contributed by atoms with van der Waals surface area (Å²) >= 11 is 0. The van der Waals surface area contributed by atoms with E-state index in [0.29, 0.717) is 6.61 Å². The highest BCUT2D eigenvalue weighted by molar-refractivity contribution is 5.99. The third-order valence-electron chi connectivity index (χ3n) is 4.06. The number of aromatic nitrogens is 1. The second-order valence-electron chi connectivity index (χ2n) is 6.33. The molecular formula is C22H27N3O7. The third kappa shape index (κ3) is 7.02. The number of azo groups is 1. The molecule has 10 heteroatoms. The second-order valence-corrected chi connectivity index (χ2v) is 6.33. The van der Waals surface area contributed by atoms with Gasteiger partial charge in [0.05, 0.1) is 26.4 Å². The molecule has 0 spiro atoms. The molecule has 0 radical (unpaired) electrons. The van der Waals surface area contributed by atoms with Crippen molar-refractivity contribution in [3.05, 3.63) is 53.7 Å². The summed E-state index contributed by atoms with van der Waals surface area (Å²) in [6.07, 6.45) is 1.58. The van der Waals surface area contributed by atoms with Crippen LogP contribution in [0.5, 0.6) is 0 Å². The molecule has 172 valence electrons. The Kier molecular flexibility index (Phi) is 10.1. The first-order chi connectivity index (χ1) is 15.5. The zero-order valence-electron chi connectivity index (χ0n) is 18.4. The highest BCUT2D eigenvalue weighted by Crippen LogP contribution is 2.24. The van der Waals surface area contributed by atoms with Gasteiger partial charge in [0.2, 0.25) is 0 Å². The minimum Gasteiger partial charge on any atom is -0.464 e. The van der Waals surface area contributed by atoms with Crippen LogP contribution in [0.4, 0.5) is 5.82 Å². The van der Waals surface area contributed by atoms with Crippen LogP contribution in [0.3, 0.4) is 0 Å². The molecule has 1 aromatic heterocycles. The van der Waals surface area contributed by atoms with Crippen molar-refractivity contribution in [2.75, 3.05) is 19.8 Å². The standard InChI is InChI=1S/C22H27N3O7/c1-4-30-20(26)17-12-13-25(15-29-14-16-10-8-7-9-11-16)19(17)24-23-18(21(27)31-5-2)22(28)32-6-3/h7-13,18H,4-6,14-15H2,1-3H3/b24-23+. The zero-order chi connectivity index (χ0) is 23.3. The summed E-state index contributed by atoms with van der Waals surface area (Å²) < 4.78 is 22.1. The van der Waals surface area contributed by atoms with Gasteiger partial charge in [-0.1, -0.05) is 30.3 Å². The molecule has 0 saturated heterocycles. The van der Waals surface area contributed by atoms with Crippen LogP contribution < -0.4 is 0 Å². The van der Waals surface area contributed by atoms with Gasteiger partial charge >= 0.3 is 17.9 Å². The highest BCUT2D eigenvalue weighted by atomic mass is 16.6. The molecule has 0 amide bonds. The van der Waals surface area contributed by atoms with E-state index in [0.717, 1.165) is 5.56 Å². The Labute approximate surface area is 186 Å². The lowest BCUT2D eigenvalue weighted by Gasteiger charge is -2.11. The predicted molar refractivity (Wildman–Crippen MR) is 113 cm³/mol. The van der Waals surface area contributed by atoms with E-state index in [1.165, 1.54) is 10.6 Å². The van der Waals surface area contributed by atoms with Crippen LogP contribution in [0.15, 0.2) is 52.8 Å². The number of esters is 3. The molecule has 0 N–H and O–H groups in total. The van der Waals surface area contributed by atoms with Gasteiger partial charge in [-0.2, -0.15) is 5.11 Å². The van der Waals surface area contributed by atoms with Gasteiger partial charge in [0.25, 0.3) is 6.04 Å². The number of ether oxygens (including phenoxy) is 4. The van der Waals surface area contributed by atoms with Gasteiger partial charge in [-0.15, -0.1) is 5.11 Å². The molecule has 2 aromatic rings. The molecule has 2 rings (SSSR count). The van der Waals surface area contributed by atoms with E-state index < -0.39 is 23.9 Å². The maximum absolute atomic E-state index is 12.3. The summed E-state index contributed by atoms with van der Waals surface area (Å²) in [7, 11) is 0. The first-order valence-corrected chi connectivity index (χ1v) is 10.2. The molecule has 10 nitrogen and oxygen atoms in total. The van der Waals surface area contributed by atoms with E-state index in [2.05, 4.69) is 10.2 Å². The third-order valence-corrected chi connectivity index (χ3v) is 4.06. The number of benzene rings is 1. The topological polar surface area (TPSA) is 118 Å². The minimum absolute atomic E-state index is 0.0478. The Morgan fingerprint density at radius 3 is 2.12 bits per heavy atom. The van der Waals surface area contributed by atoms with E-state index in [4.69, 9.17) is 18.9 Å². The van der Waals surface area contributed by atoms with Crippen LogP contribution in [0.1, 0.15) is 36.7 Å². The lowest BCUT2D eigenvalue weighted by atomic mass is 10.2. The van der Waals surface area contributed by atoms with Gasteiger partial charge in [0.15, 0.2) is 5.82 Å². The smallest absolute Gasteiger partial charge is 0.344 e. The Morgan fingerprint density at radius 1 is 0.906 bits per heavy atom. The molecule has 0 saturated carbocycles. The van der Waals surface area contributed by atoms with E-state index in [-0.39, 0.29) is 37.9 Å². The van der Waals surface area contributed by atoms with Crippen LogP contribution in [0, 0.1) is 0 Å². The Balaban J connectivity index is 2.27. The lowest BCUT2D eigenvalue weighted by Crippen LogP contribution is -2.31. The number of hydrogen-bond acceptors (Lipinski definition) is 9. The van der Waals surface area contributed by atoms with Gasteiger partial charge in [-0.3, -0.25) is 0 Å². The fraction of sp³-hybridized carbons (Fsp3) is 0.409. The molecule has 0 aliphatic heterocycles. The summed E-state index contributed by atoms with van der Waals surface area (Å²) in [6, 6.07) is 9.44. The predicted octanol–water partition coefficient (Wildman–Crippen LogP) is 3.42. The zero-order valence-corrected chi connectivity index (χ0v) is 18.4. The number of nitrogens with zero attached hydrogens (tertiary/aromatic N) is 3. The number of carbonyl (C=O) groups is 3. The van der Waals surface area contributed by atoms with E-state index in [9.17, 15) is 14.4 Å². The molecule has 0 fully saturated rings. The Morgan fingerprint density at radius 2 is 1.53 bits per heavy atom. The van der Waals surface area contributed by atoms with E-state index >= 15 is 0 Å². The summed E-state index contributed by atoms with van der Waals surface area (Å²) in [5, 5.41) is 7.83. The average Bonchev–Trinajstić information content (AvgIpc) is 3.18. The van der Waals surface area contributed by atoms with Gasteiger partial charge in [-0.05, 0) is 32.4 Å². The van der Waals surface area contributed by atoms with Crippen LogP contribution in [-0.2, 0) is 41.9 Å². The quantitative estimate of drug-likeness (QED) is 0.213. The van der Waals surface area contributed by atoms with E-state index in [1.807, 2.05) is 30.3 Å². The van der Waals surface area contributed by atoms with Crippen molar-refractivity contribution < 1.29 is 33.3 Å². The van der Waals surface area contributed by atoms with Crippen molar-refractivity contribution in [1.82, 2.24) is 4.57 Å². The van der Waals surface area contributed by atoms with Crippen molar-refractivity contribution in [2.45, 2.75) is 40.2 Å². The highest BCUT2D eigenvalue weighted by Gasteiger charge is 2.30. The molecule has 0 aliphatic carbocycles. The number of rotatable bonds is 12. The van der Waals surface area contributed by atoms with Crippen LogP contribution in [-0.4, -0.2) is 48.3 Å². The second kappa shape index (κ2) is 13.0. The first kappa shape index (κ1) is 24.7. The minimum atomic E-state index is -1.61. The Bertz CT molecular complexity index is 907. The van der Waals surface area contributed by atoms with Crippen LogP contribution in [0.2, 0.25) is 0 Å². The van der Waals surface area contributed by atoms with Crippen molar-refractivity contribution in [1.29, 1.82) is 0 Å². The normalized spacial score (nSPS) is 11.0. The average molecular weight is 445 g/mol. The molecular weight excluding hydrogens is 418 g/mol. The molecule has 0 aliphatic rings. The largest absolute Gasteiger partial charge is 0.464 e. The lowest BCUT2D eigenvalue weighted by molar-refractivity contribution is -0.156. The van der Waals surface area contributed by atoms with Crippen molar-refractivity contribution in [3.8, 4) is 0 Å². The fourth-order valence-electron chi connectivity index (χ4n) is 2.63. The Hall–Kier alpha value is -3.53. The van der Waals surface area contributed by atoms with Crippen molar-refractivity contribution in [2.24, 2.45) is 10.2 Å². The molecule has 0 unspecified atom stereocenters. The maximum atomic E-state index is 12.3. The molecule has 1 heterocycles. The van der Waals surface area contributed by atoms with Crippen LogP contribution >= 0.6 is 0 Å². The molecule has 0 bridgehead atoms. The van der Waals surface area contributed by atoms with Crippen molar-refractivity contribution >= 4 is 23.7 Å². The molecule has 0 atom stereocenters. The number of carbonyl (C=O) groups excluding carboxylic acids is 3. The fourth-order valence-corrected chi connectivity index (χ4v) is 2.63. The van der Waals surface area contributed by atoms with Gasteiger partial charge in [-0.25, -0.2) is 14.4 Å². The maximum Gasteiger partial charge on any atom is 0.344 e. The summed E-state index contributed by atoms with van der Waals surface area (Å²) in [5.41, 5.74) is 1.09. The molecule has 32 heavy (non-hydrogen) atoms. The van der Waals surface area contributed by atoms with Gasteiger partial charge < -0.3 is 23.5 Å². The van der Waals surface area contributed by atoms with Gasteiger partial charge in [0.1, 0.15) is 12.3 Å².